The summed E-state index contributed by atoms with van der Waals surface area (Å²) in [4.78, 5) is 22.1. The highest BCUT2D eigenvalue weighted by Gasteiger charge is 2.30. The first-order valence-electron chi connectivity index (χ1n) is 9.49. The van der Waals surface area contributed by atoms with Crippen molar-refractivity contribution in [1.82, 2.24) is 14.9 Å². The van der Waals surface area contributed by atoms with Gasteiger partial charge >= 0.3 is 6.18 Å². The Kier molecular flexibility index (Phi) is 5.34. The molecule has 1 aromatic heterocycles. The second kappa shape index (κ2) is 7.95. The Morgan fingerprint density at radius 1 is 1.13 bits per heavy atom. The highest BCUT2D eigenvalue weighted by atomic mass is 19.4. The fourth-order valence-electron chi connectivity index (χ4n) is 3.64. The van der Waals surface area contributed by atoms with E-state index < -0.39 is 11.7 Å². The molecular formula is C22H20F3N3O2. The summed E-state index contributed by atoms with van der Waals surface area (Å²) < 4.78 is 43.7. The maximum atomic E-state index is 12.8. The molecule has 0 radical (unpaired) electrons. The number of nitrogens with zero attached hydrogens (tertiary/aromatic N) is 2. The molecule has 2 heterocycles. The minimum absolute atomic E-state index is 0.264. The molecule has 1 aliphatic heterocycles. The Morgan fingerprint density at radius 2 is 1.87 bits per heavy atom. The van der Waals surface area contributed by atoms with Crippen LogP contribution in [0.3, 0.4) is 0 Å². The van der Waals surface area contributed by atoms with Crippen LogP contribution in [-0.2, 0) is 25.7 Å². The number of hydrogen-bond acceptors (Lipinski definition) is 4. The molecule has 8 heteroatoms. The molecular weight excluding hydrogens is 395 g/mol. The third-order valence-electron chi connectivity index (χ3n) is 5.22. The Morgan fingerprint density at radius 3 is 2.57 bits per heavy atom. The highest BCUT2D eigenvalue weighted by molar-refractivity contribution is 5.56. The molecule has 3 aromatic rings. The zero-order valence-electron chi connectivity index (χ0n) is 16.3. The predicted molar refractivity (Wildman–Crippen MR) is 106 cm³/mol. The topological polar surface area (TPSA) is 58.2 Å². The maximum absolute atomic E-state index is 12.8. The molecule has 0 spiro atoms. The van der Waals surface area contributed by atoms with Gasteiger partial charge in [0.05, 0.1) is 23.9 Å². The van der Waals surface area contributed by atoms with Crippen molar-refractivity contribution in [3.05, 3.63) is 81.3 Å². The van der Waals surface area contributed by atoms with E-state index in [0.29, 0.717) is 42.9 Å². The number of methoxy groups -OCH3 is 1. The van der Waals surface area contributed by atoms with Gasteiger partial charge in [-0.3, -0.25) is 9.69 Å². The number of fused-ring (bicyclic) bond motifs is 1. The number of nitrogens with one attached hydrogen (secondary N) is 1. The van der Waals surface area contributed by atoms with Crippen LogP contribution in [0.1, 0.15) is 22.4 Å². The Labute approximate surface area is 171 Å². The third-order valence-corrected chi connectivity index (χ3v) is 5.22. The van der Waals surface area contributed by atoms with Crippen LogP contribution >= 0.6 is 0 Å². The molecule has 5 nitrogen and oxygen atoms in total. The second-order valence-electron chi connectivity index (χ2n) is 7.19. The van der Waals surface area contributed by atoms with Gasteiger partial charge in [-0.05, 0) is 18.2 Å². The van der Waals surface area contributed by atoms with Crippen LogP contribution in [0.25, 0.3) is 11.4 Å². The summed E-state index contributed by atoms with van der Waals surface area (Å²) in [7, 11) is 1.63. The van der Waals surface area contributed by atoms with Gasteiger partial charge in [0, 0.05) is 37.2 Å². The van der Waals surface area contributed by atoms with Crippen molar-refractivity contribution in [3.63, 3.8) is 0 Å². The van der Waals surface area contributed by atoms with Gasteiger partial charge in [-0.2, -0.15) is 13.2 Å². The van der Waals surface area contributed by atoms with E-state index in [4.69, 9.17) is 4.74 Å². The van der Waals surface area contributed by atoms with E-state index in [2.05, 4.69) is 14.9 Å². The van der Waals surface area contributed by atoms with Crippen LogP contribution in [0.4, 0.5) is 13.2 Å². The number of para-hydroxylation sites is 1. The SMILES string of the molecule is COc1ccccc1CN1CCc2nc(-c3ccc(C(F)(F)F)cc3)[nH]c(=O)c2C1. The number of aromatic nitrogens is 2. The molecule has 0 amide bonds. The van der Waals surface area contributed by atoms with E-state index in [1.165, 1.54) is 12.1 Å². The molecule has 0 bridgehead atoms. The first kappa shape index (κ1) is 20.2. The minimum Gasteiger partial charge on any atom is -0.496 e. The molecule has 1 aliphatic rings. The zero-order valence-corrected chi connectivity index (χ0v) is 16.3. The van der Waals surface area contributed by atoms with Gasteiger partial charge in [0.2, 0.25) is 0 Å². The van der Waals surface area contributed by atoms with Crippen molar-refractivity contribution in [2.75, 3.05) is 13.7 Å². The monoisotopic (exact) mass is 415 g/mol. The number of halogens is 3. The molecule has 0 saturated carbocycles. The Bertz CT molecular complexity index is 1110. The second-order valence-corrected chi connectivity index (χ2v) is 7.19. The minimum atomic E-state index is -4.40. The average Bonchev–Trinajstić information content (AvgIpc) is 2.74. The summed E-state index contributed by atoms with van der Waals surface area (Å²) in [5.74, 6) is 1.08. The van der Waals surface area contributed by atoms with Gasteiger partial charge in [-0.15, -0.1) is 0 Å². The molecule has 0 saturated heterocycles. The summed E-state index contributed by atoms with van der Waals surface area (Å²) in [6.45, 7) is 1.81. The fraction of sp³-hybridized carbons (Fsp3) is 0.273. The summed E-state index contributed by atoms with van der Waals surface area (Å²) >= 11 is 0. The normalized spacial score (nSPS) is 14.4. The molecule has 0 fully saturated rings. The lowest BCUT2D eigenvalue weighted by molar-refractivity contribution is -0.137. The molecule has 0 atom stereocenters. The predicted octanol–water partition coefficient (Wildman–Crippen LogP) is 4.02. The van der Waals surface area contributed by atoms with E-state index in [-0.39, 0.29) is 11.4 Å². The van der Waals surface area contributed by atoms with Gasteiger partial charge in [0.25, 0.3) is 5.56 Å². The molecule has 156 valence electrons. The molecule has 1 N–H and O–H groups in total. The van der Waals surface area contributed by atoms with Gasteiger partial charge in [0.15, 0.2) is 0 Å². The van der Waals surface area contributed by atoms with Crippen molar-refractivity contribution >= 4 is 0 Å². The Hall–Kier alpha value is -3.13. The number of rotatable bonds is 4. The Balaban J connectivity index is 1.56. The molecule has 2 aromatic carbocycles. The standard InChI is InChI=1S/C22H20F3N3O2/c1-30-19-5-3-2-4-15(19)12-28-11-10-18-17(13-28)21(29)27-20(26-18)14-6-8-16(9-7-14)22(23,24)25/h2-9H,10-13H2,1H3,(H,26,27,29). The van der Waals surface area contributed by atoms with Crippen molar-refractivity contribution in [3.8, 4) is 17.1 Å². The van der Waals surface area contributed by atoms with Crippen LogP contribution in [-0.4, -0.2) is 28.5 Å². The lowest BCUT2D eigenvalue weighted by Gasteiger charge is -2.28. The zero-order chi connectivity index (χ0) is 21.3. The number of hydrogen-bond donors (Lipinski definition) is 1. The van der Waals surface area contributed by atoms with E-state index in [0.717, 1.165) is 23.4 Å². The smallest absolute Gasteiger partial charge is 0.416 e. The summed E-state index contributed by atoms with van der Waals surface area (Å²) in [5.41, 5.74) is 1.75. The fourth-order valence-corrected chi connectivity index (χ4v) is 3.64. The van der Waals surface area contributed by atoms with Crippen molar-refractivity contribution < 1.29 is 17.9 Å². The van der Waals surface area contributed by atoms with Crippen molar-refractivity contribution in [2.24, 2.45) is 0 Å². The van der Waals surface area contributed by atoms with Crippen molar-refractivity contribution in [1.29, 1.82) is 0 Å². The van der Waals surface area contributed by atoms with Crippen LogP contribution in [0.15, 0.2) is 53.3 Å². The lowest BCUT2D eigenvalue weighted by atomic mass is 10.0. The molecule has 0 unspecified atom stereocenters. The van der Waals surface area contributed by atoms with Gasteiger partial charge in [-0.25, -0.2) is 4.98 Å². The third kappa shape index (κ3) is 4.09. The number of benzene rings is 2. The van der Waals surface area contributed by atoms with E-state index in [9.17, 15) is 18.0 Å². The van der Waals surface area contributed by atoms with E-state index >= 15 is 0 Å². The average molecular weight is 415 g/mol. The van der Waals surface area contributed by atoms with Gasteiger partial charge < -0.3 is 9.72 Å². The van der Waals surface area contributed by atoms with Crippen LogP contribution in [0.2, 0.25) is 0 Å². The quantitative estimate of drug-likeness (QED) is 0.699. The van der Waals surface area contributed by atoms with Gasteiger partial charge in [0.1, 0.15) is 11.6 Å². The van der Waals surface area contributed by atoms with Crippen molar-refractivity contribution in [2.45, 2.75) is 25.7 Å². The summed E-state index contributed by atoms with van der Waals surface area (Å²) in [6.07, 6.45) is -3.82. The lowest BCUT2D eigenvalue weighted by Crippen LogP contribution is -2.35. The molecule has 4 rings (SSSR count). The first-order valence-corrected chi connectivity index (χ1v) is 9.49. The maximum Gasteiger partial charge on any atom is 0.416 e. The summed E-state index contributed by atoms with van der Waals surface area (Å²) in [5, 5.41) is 0. The number of aromatic amines is 1. The van der Waals surface area contributed by atoms with Gasteiger partial charge in [-0.1, -0.05) is 30.3 Å². The first-order chi connectivity index (χ1) is 14.3. The van der Waals surface area contributed by atoms with Crippen LogP contribution in [0, 0.1) is 0 Å². The molecule has 30 heavy (non-hydrogen) atoms. The van der Waals surface area contributed by atoms with E-state index in [1.807, 2.05) is 24.3 Å². The van der Waals surface area contributed by atoms with Crippen LogP contribution in [0.5, 0.6) is 5.75 Å². The number of ether oxygens (including phenoxy) is 1. The number of H-pyrrole nitrogens is 1. The largest absolute Gasteiger partial charge is 0.496 e. The highest BCUT2D eigenvalue weighted by Crippen LogP contribution is 2.30. The van der Waals surface area contributed by atoms with E-state index in [1.54, 1.807) is 7.11 Å². The van der Waals surface area contributed by atoms with Crippen LogP contribution < -0.4 is 10.3 Å². The summed E-state index contributed by atoms with van der Waals surface area (Å²) in [6, 6.07) is 12.4. The number of alkyl halides is 3. The molecule has 0 aliphatic carbocycles.